The number of hydrazone groups is 1. The molecule has 0 saturated heterocycles. The zero-order valence-corrected chi connectivity index (χ0v) is 23.0. The fourth-order valence-corrected chi connectivity index (χ4v) is 5.47. The van der Waals surface area contributed by atoms with Crippen LogP contribution in [0.5, 0.6) is 0 Å². The van der Waals surface area contributed by atoms with Gasteiger partial charge in [-0.1, -0.05) is 60.1 Å². The van der Waals surface area contributed by atoms with Gasteiger partial charge in [-0.25, -0.2) is 36.7 Å². The maximum absolute atomic E-state index is 13.2. The van der Waals surface area contributed by atoms with Gasteiger partial charge in [0.2, 0.25) is 16.0 Å². The largest absolute Gasteiger partial charge is 0.416 e. The molecule has 0 saturated carbocycles. The van der Waals surface area contributed by atoms with Crippen LogP contribution in [0.3, 0.4) is 0 Å². The highest BCUT2D eigenvalue weighted by Gasteiger charge is 2.35. The van der Waals surface area contributed by atoms with Gasteiger partial charge >= 0.3 is 6.18 Å². The molecule has 3 aromatic carbocycles. The minimum atomic E-state index is -4.77. The lowest BCUT2D eigenvalue weighted by molar-refractivity contribution is -0.137. The molecule has 0 radical (unpaired) electrons. The first kappa shape index (κ1) is 29.5. The number of nitrogens with two attached hydrogens (primary N) is 1. The van der Waals surface area contributed by atoms with Gasteiger partial charge in [0.25, 0.3) is 10.0 Å². The summed E-state index contributed by atoms with van der Waals surface area (Å²) in [6.07, 6.45) is -4.77. The van der Waals surface area contributed by atoms with Gasteiger partial charge in [-0.05, 0) is 41.5 Å². The summed E-state index contributed by atoms with van der Waals surface area (Å²) in [4.78, 5) is 3.42. The molecule has 0 bridgehead atoms. The number of aliphatic imine (C=N–C) groups is 1. The lowest BCUT2D eigenvalue weighted by Gasteiger charge is -2.20. The summed E-state index contributed by atoms with van der Waals surface area (Å²) < 4.78 is 91.2. The van der Waals surface area contributed by atoms with E-state index in [1.807, 2.05) is 30.3 Å². The van der Waals surface area contributed by atoms with Crippen molar-refractivity contribution in [2.24, 2.45) is 15.2 Å². The molecular formula is C25H23ClF3N5O4S2. The maximum Gasteiger partial charge on any atom is 0.416 e. The van der Waals surface area contributed by atoms with Crippen LogP contribution in [0.1, 0.15) is 22.6 Å². The van der Waals surface area contributed by atoms with Gasteiger partial charge in [0.1, 0.15) is 0 Å². The van der Waals surface area contributed by atoms with Gasteiger partial charge in [-0.2, -0.15) is 18.3 Å². The highest BCUT2D eigenvalue weighted by Crippen LogP contribution is 2.31. The molecule has 1 atom stereocenters. The van der Waals surface area contributed by atoms with E-state index >= 15 is 0 Å². The van der Waals surface area contributed by atoms with Gasteiger partial charge in [0, 0.05) is 10.9 Å². The van der Waals surface area contributed by atoms with Gasteiger partial charge in [-0.3, -0.25) is 0 Å². The minimum absolute atomic E-state index is 0.0846. The van der Waals surface area contributed by atoms with Gasteiger partial charge in [-0.15, -0.1) is 0 Å². The van der Waals surface area contributed by atoms with Crippen LogP contribution in [0.15, 0.2) is 93.9 Å². The van der Waals surface area contributed by atoms with E-state index < -0.39 is 49.0 Å². The van der Waals surface area contributed by atoms with Crippen LogP contribution >= 0.6 is 11.6 Å². The topological polar surface area (TPSA) is 134 Å². The van der Waals surface area contributed by atoms with Crippen LogP contribution in [0.2, 0.25) is 5.02 Å². The van der Waals surface area contributed by atoms with Crippen molar-refractivity contribution in [2.75, 3.05) is 18.8 Å². The molecule has 1 aliphatic rings. The van der Waals surface area contributed by atoms with Crippen LogP contribution in [-0.4, -0.2) is 52.4 Å². The quantitative estimate of drug-likeness (QED) is 0.309. The Kier molecular flexibility index (Phi) is 8.54. The first-order valence-corrected chi connectivity index (χ1v) is 15.2. The molecule has 9 nitrogen and oxygen atoms in total. The van der Waals surface area contributed by atoms with E-state index in [9.17, 15) is 30.0 Å². The van der Waals surface area contributed by atoms with E-state index in [0.29, 0.717) is 22.4 Å². The first-order valence-electron chi connectivity index (χ1n) is 11.6. The standard InChI is InChI=1S/C25H23ClF3N5O4S2/c26-20-11-9-18(10-12-20)23-22(17-5-2-1-3-6-17)16-34(32-23)24(31-13-14-39(30,35)36)33-40(37,38)21-8-4-7-19(15-21)25(27,28)29/h1-12,15,22H,13-14,16H2,(H,31,33)(H2,30,35,36)/t22-/m0/s1. The van der Waals surface area contributed by atoms with E-state index in [1.165, 1.54) is 5.01 Å². The number of halogens is 4. The summed E-state index contributed by atoms with van der Waals surface area (Å²) in [5.41, 5.74) is 0.922. The molecule has 0 aliphatic carbocycles. The highest BCUT2D eigenvalue weighted by molar-refractivity contribution is 7.90. The number of hydrogen-bond donors (Lipinski definition) is 2. The zero-order valence-electron chi connectivity index (χ0n) is 20.6. The fraction of sp³-hybridized carbons (Fsp3) is 0.200. The molecule has 40 heavy (non-hydrogen) atoms. The Bertz CT molecular complexity index is 1650. The number of nitrogens with zero attached hydrogens (tertiary/aromatic N) is 3. The Morgan fingerprint density at radius 2 is 1.70 bits per heavy atom. The second-order valence-corrected chi connectivity index (χ2v) is 12.6. The molecule has 0 amide bonds. The first-order chi connectivity index (χ1) is 18.7. The van der Waals surface area contributed by atoms with Crippen molar-refractivity contribution in [1.82, 2.24) is 9.73 Å². The molecule has 4 rings (SSSR count). The Hall–Kier alpha value is -3.46. The monoisotopic (exact) mass is 613 g/mol. The van der Waals surface area contributed by atoms with E-state index in [4.69, 9.17) is 16.7 Å². The third kappa shape index (κ3) is 7.38. The van der Waals surface area contributed by atoms with Crippen molar-refractivity contribution >= 4 is 43.3 Å². The number of rotatable bonds is 7. The van der Waals surface area contributed by atoms with Crippen LogP contribution in [-0.2, 0) is 26.2 Å². The molecule has 0 fully saturated rings. The minimum Gasteiger partial charge on any atom is -0.250 e. The van der Waals surface area contributed by atoms with Crippen molar-refractivity contribution in [3.05, 3.63) is 101 Å². The van der Waals surface area contributed by atoms with Crippen molar-refractivity contribution in [3.63, 3.8) is 0 Å². The predicted octanol–water partition coefficient (Wildman–Crippen LogP) is 3.79. The van der Waals surface area contributed by atoms with Crippen molar-refractivity contribution in [3.8, 4) is 0 Å². The van der Waals surface area contributed by atoms with Crippen molar-refractivity contribution < 1.29 is 30.0 Å². The van der Waals surface area contributed by atoms with Gasteiger partial charge in [0.05, 0.1) is 35.0 Å². The zero-order chi connectivity index (χ0) is 29.1. The molecule has 212 valence electrons. The summed E-state index contributed by atoms with van der Waals surface area (Å²) >= 11 is 6.04. The fourth-order valence-electron chi connectivity index (χ4n) is 3.93. The highest BCUT2D eigenvalue weighted by atomic mass is 35.5. The van der Waals surface area contributed by atoms with Crippen LogP contribution in [0.25, 0.3) is 0 Å². The number of guanidine groups is 1. The maximum atomic E-state index is 13.2. The average molecular weight is 614 g/mol. The number of primary sulfonamides is 1. The summed E-state index contributed by atoms with van der Waals surface area (Å²) in [7, 11) is -8.55. The number of benzene rings is 3. The normalized spacial score (nSPS) is 16.6. The smallest absolute Gasteiger partial charge is 0.250 e. The Morgan fingerprint density at radius 1 is 1.02 bits per heavy atom. The molecular weight excluding hydrogens is 591 g/mol. The summed E-state index contributed by atoms with van der Waals surface area (Å²) in [5, 5.41) is 11.4. The second-order valence-electron chi connectivity index (χ2n) is 8.74. The molecule has 0 aromatic heterocycles. The SMILES string of the molecule is NS(=O)(=O)CCN=C(NS(=O)(=O)c1cccc(C(F)(F)F)c1)N1C[C@@H](c2ccccc2)C(c2ccc(Cl)cc2)=N1. The van der Waals surface area contributed by atoms with Crippen molar-refractivity contribution in [1.29, 1.82) is 0 Å². The van der Waals surface area contributed by atoms with E-state index in [1.54, 1.807) is 24.3 Å². The van der Waals surface area contributed by atoms with E-state index in [0.717, 1.165) is 23.8 Å². The number of alkyl halides is 3. The third-order valence-corrected chi connectivity index (χ3v) is 8.16. The number of sulfonamides is 2. The lowest BCUT2D eigenvalue weighted by atomic mass is 9.91. The van der Waals surface area contributed by atoms with Crippen LogP contribution in [0.4, 0.5) is 13.2 Å². The average Bonchev–Trinajstić information content (AvgIpc) is 3.33. The molecule has 3 N–H and O–H groups in total. The molecule has 0 spiro atoms. The Balaban J connectivity index is 1.75. The van der Waals surface area contributed by atoms with Gasteiger partial charge in [0.15, 0.2) is 0 Å². The van der Waals surface area contributed by atoms with Gasteiger partial charge < -0.3 is 0 Å². The molecule has 1 heterocycles. The third-order valence-electron chi connectivity index (χ3n) is 5.84. The van der Waals surface area contributed by atoms with E-state index in [-0.39, 0.29) is 18.4 Å². The second kappa shape index (κ2) is 11.6. The number of nitrogens with one attached hydrogen (secondary N) is 1. The predicted molar refractivity (Wildman–Crippen MR) is 146 cm³/mol. The number of hydrogen-bond acceptors (Lipinski definition) is 6. The lowest BCUT2D eigenvalue weighted by Crippen LogP contribution is -2.41. The summed E-state index contributed by atoms with van der Waals surface area (Å²) in [6.45, 7) is -0.348. The summed E-state index contributed by atoms with van der Waals surface area (Å²) in [5.74, 6) is -1.36. The van der Waals surface area contributed by atoms with E-state index in [2.05, 4.69) is 14.8 Å². The molecule has 0 unspecified atom stereocenters. The Morgan fingerprint density at radius 3 is 2.33 bits per heavy atom. The molecule has 15 heteroatoms. The van der Waals surface area contributed by atoms with Crippen LogP contribution in [0, 0.1) is 0 Å². The Labute approximate surface area is 234 Å². The summed E-state index contributed by atoms with van der Waals surface area (Å²) in [6, 6.07) is 19.2. The van der Waals surface area contributed by atoms with Crippen molar-refractivity contribution in [2.45, 2.75) is 17.0 Å². The van der Waals surface area contributed by atoms with Crippen LogP contribution < -0.4 is 9.86 Å². The molecule has 1 aliphatic heterocycles. The molecule has 3 aromatic rings.